The van der Waals surface area contributed by atoms with Crippen molar-refractivity contribution in [2.45, 2.75) is 19.1 Å². The number of rotatable bonds is 4. The Morgan fingerprint density at radius 3 is 2.50 bits per heavy atom. The quantitative estimate of drug-likeness (QED) is 0.543. The van der Waals surface area contributed by atoms with Gasteiger partial charge < -0.3 is 20.5 Å². The van der Waals surface area contributed by atoms with Gasteiger partial charge in [0.25, 0.3) is 0 Å². The SMILES string of the molecule is O=C1CC(C(O)O)Cc2[nH]c(-c3ccncc3)c(Nc3ccccc3)c21. The zero-order valence-corrected chi connectivity index (χ0v) is 14.0. The van der Waals surface area contributed by atoms with Gasteiger partial charge in [-0.1, -0.05) is 18.2 Å². The molecule has 4 rings (SSSR count). The summed E-state index contributed by atoms with van der Waals surface area (Å²) in [6.45, 7) is 0. The standard InChI is InChI=1S/C20H19N3O3/c24-16-11-13(20(25)26)10-15-17(16)19(22-14-4-2-1-3-5-14)18(23-15)12-6-8-21-9-7-12/h1-9,13,20,22-23,25-26H,10-11H2. The van der Waals surface area contributed by atoms with Crippen molar-refractivity contribution < 1.29 is 15.0 Å². The lowest BCUT2D eigenvalue weighted by Gasteiger charge is -2.23. The normalized spacial score (nSPS) is 16.6. The van der Waals surface area contributed by atoms with Gasteiger partial charge >= 0.3 is 0 Å². The van der Waals surface area contributed by atoms with Crippen LogP contribution in [0.4, 0.5) is 11.4 Å². The Morgan fingerprint density at radius 2 is 1.81 bits per heavy atom. The molecule has 0 radical (unpaired) electrons. The molecule has 132 valence electrons. The van der Waals surface area contributed by atoms with Crippen LogP contribution < -0.4 is 5.32 Å². The lowest BCUT2D eigenvalue weighted by atomic mass is 9.86. The third-order valence-corrected chi connectivity index (χ3v) is 4.70. The van der Waals surface area contributed by atoms with Crippen molar-refractivity contribution in [2.75, 3.05) is 5.32 Å². The molecule has 0 saturated heterocycles. The van der Waals surface area contributed by atoms with Gasteiger partial charge in [0.05, 0.1) is 16.9 Å². The number of aromatic nitrogens is 2. The second kappa shape index (κ2) is 6.74. The molecule has 1 aliphatic carbocycles. The molecule has 26 heavy (non-hydrogen) atoms. The van der Waals surface area contributed by atoms with E-state index in [-0.39, 0.29) is 12.2 Å². The Bertz CT molecular complexity index is 920. The van der Waals surface area contributed by atoms with E-state index in [1.165, 1.54) is 0 Å². The fourth-order valence-corrected chi connectivity index (χ4v) is 3.42. The average molecular weight is 349 g/mol. The topological polar surface area (TPSA) is 98.2 Å². The van der Waals surface area contributed by atoms with Gasteiger partial charge in [-0.15, -0.1) is 0 Å². The number of carbonyl (C=O) groups excluding carboxylic acids is 1. The number of H-pyrrole nitrogens is 1. The fourth-order valence-electron chi connectivity index (χ4n) is 3.42. The third kappa shape index (κ3) is 3.00. The second-order valence-electron chi connectivity index (χ2n) is 6.46. The van der Waals surface area contributed by atoms with Crippen molar-refractivity contribution in [1.82, 2.24) is 9.97 Å². The number of nitrogens with zero attached hydrogens (tertiary/aromatic N) is 1. The fraction of sp³-hybridized carbons (Fsp3) is 0.200. The summed E-state index contributed by atoms with van der Waals surface area (Å²) in [5.41, 5.74) is 4.61. The van der Waals surface area contributed by atoms with Crippen molar-refractivity contribution >= 4 is 17.2 Å². The van der Waals surface area contributed by atoms with E-state index in [0.29, 0.717) is 17.7 Å². The molecular weight excluding hydrogens is 330 g/mol. The summed E-state index contributed by atoms with van der Waals surface area (Å²) >= 11 is 0. The number of Topliss-reactive ketones (excluding diaryl/α,β-unsaturated/α-hetero) is 1. The molecule has 2 heterocycles. The summed E-state index contributed by atoms with van der Waals surface area (Å²) in [7, 11) is 0. The molecule has 0 amide bonds. The number of hydrogen-bond acceptors (Lipinski definition) is 5. The molecule has 1 atom stereocenters. The van der Waals surface area contributed by atoms with E-state index >= 15 is 0 Å². The molecule has 1 aromatic carbocycles. The van der Waals surface area contributed by atoms with Crippen LogP contribution in [0.25, 0.3) is 11.3 Å². The van der Waals surface area contributed by atoms with Gasteiger partial charge in [-0.2, -0.15) is 0 Å². The smallest absolute Gasteiger partial charge is 0.167 e. The van der Waals surface area contributed by atoms with Crippen molar-refractivity contribution in [2.24, 2.45) is 5.92 Å². The molecule has 0 spiro atoms. The molecule has 1 unspecified atom stereocenters. The molecule has 1 aliphatic rings. The van der Waals surface area contributed by atoms with Gasteiger partial charge in [-0.25, -0.2) is 0 Å². The number of aliphatic hydroxyl groups excluding tert-OH is 1. The predicted octanol–water partition coefficient (Wildman–Crippen LogP) is 2.88. The van der Waals surface area contributed by atoms with Gasteiger partial charge in [-0.3, -0.25) is 9.78 Å². The van der Waals surface area contributed by atoms with Gasteiger partial charge in [0.15, 0.2) is 12.1 Å². The van der Waals surface area contributed by atoms with Crippen LogP contribution in [0.5, 0.6) is 0 Å². The first-order valence-corrected chi connectivity index (χ1v) is 8.50. The highest BCUT2D eigenvalue weighted by atomic mass is 16.5. The van der Waals surface area contributed by atoms with Gasteiger partial charge in [0.2, 0.25) is 0 Å². The van der Waals surface area contributed by atoms with E-state index in [4.69, 9.17) is 0 Å². The summed E-state index contributed by atoms with van der Waals surface area (Å²) < 4.78 is 0. The highest BCUT2D eigenvalue weighted by Crippen LogP contribution is 2.40. The molecule has 0 bridgehead atoms. The number of fused-ring (bicyclic) bond motifs is 1. The first-order valence-electron chi connectivity index (χ1n) is 8.50. The zero-order valence-electron chi connectivity index (χ0n) is 14.0. The minimum atomic E-state index is -1.51. The Balaban J connectivity index is 1.84. The van der Waals surface area contributed by atoms with E-state index in [9.17, 15) is 15.0 Å². The maximum atomic E-state index is 12.8. The van der Waals surface area contributed by atoms with Crippen molar-refractivity contribution in [1.29, 1.82) is 0 Å². The molecule has 0 saturated carbocycles. The van der Waals surface area contributed by atoms with E-state index in [1.807, 2.05) is 42.5 Å². The molecule has 6 heteroatoms. The highest BCUT2D eigenvalue weighted by Gasteiger charge is 2.34. The third-order valence-electron chi connectivity index (χ3n) is 4.70. The summed E-state index contributed by atoms with van der Waals surface area (Å²) in [5.74, 6) is -0.595. The van der Waals surface area contributed by atoms with Crippen LogP contribution in [-0.4, -0.2) is 32.3 Å². The Kier molecular flexibility index (Phi) is 4.28. The first kappa shape index (κ1) is 16.5. The Labute approximate surface area is 150 Å². The minimum Gasteiger partial charge on any atom is -0.368 e. The lowest BCUT2D eigenvalue weighted by molar-refractivity contribution is -0.0843. The number of para-hydroxylation sites is 1. The van der Waals surface area contributed by atoms with Crippen LogP contribution in [0.1, 0.15) is 22.5 Å². The van der Waals surface area contributed by atoms with E-state index in [1.54, 1.807) is 12.4 Å². The minimum absolute atomic E-state index is 0.0978. The average Bonchev–Trinajstić information content (AvgIpc) is 3.02. The second-order valence-corrected chi connectivity index (χ2v) is 6.46. The first-order chi connectivity index (χ1) is 12.6. The van der Waals surface area contributed by atoms with Crippen LogP contribution in [0.15, 0.2) is 54.9 Å². The maximum Gasteiger partial charge on any atom is 0.167 e. The summed E-state index contributed by atoms with van der Waals surface area (Å²) in [5, 5.41) is 22.4. The number of hydrogen-bond donors (Lipinski definition) is 4. The molecule has 6 nitrogen and oxygen atoms in total. The van der Waals surface area contributed by atoms with Gasteiger partial charge in [0, 0.05) is 41.7 Å². The van der Waals surface area contributed by atoms with Crippen LogP contribution in [0.2, 0.25) is 0 Å². The number of benzene rings is 1. The number of anilines is 2. The summed E-state index contributed by atoms with van der Waals surface area (Å²) in [6.07, 6.45) is 2.41. The van der Waals surface area contributed by atoms with Crippen molar-refractivity contribution in [3.63, 3.8) is 0 Å². The Hall–Kier alpha value is -2.96. The van der Waals surface area contributed by atoms with Gasteiger partial charge in [0.1, 0.15) is 0 Å². The maximum absolute atomic E-state index is 12.8. The number of carbonyl (C=O) groups is 1. The number of aromatic amines is 1. The van der Waals surface area contributed by atoms with Crippen molar-refractivity contribution in [3.05, 3.63) is 66.1 Å². The largest absolute Gasteiger partial charge is 0.368 e. The Morgan fingerprint density at radius 1 is 1.08 bits per heavy atom. The van der Waals surface area contributed by atoms with Crippen LogP contribution in [-0.2, 0) is 6.42 Å². The van der Waals surface area contributed by atoms with Gasteiger partial charge in [-0.05, 0) is 30.7 Å². The van der Waals surface area contributed by atoms with Crippen LogP contribution in [0, 0.1) is 5.92 Å². The number of nitrogens with one attached hydrogen (secondary N) is 2. The molecule has 0 fully saturated rings. The predicted molar refractivity (Wildman–Crippen MR) is 98.1 cm³/mol. The monoisotopic (exact) mass is 349 g/mol. The molecule has 4 N–H and O–H groups in total. The molecule has 2 aromatic heterocycles. The van der Waals surface area contributed by atoms with Crippen molar-refractivity contribution in [3.8, 4) is 11.3 Å². The summed E-state index contributed by atoms with van der Waals surface area (Å²) in [4.78, 5) is 20.1. The lowest BCUT2D eigenvalue weighted by Crippen LogP contribution is -2.29. The number of aliphatic hydroxyl groups is 2. The van der Waals surface area contributed by atoms with Crippen LogP contribution >= 0.6 is 0 Å². The van der Waals surface area contributed by atoms with E-state index in [0.717, 1.165) is 22.6 Å². The molecule has 0 aliphatic heterocycles. The van der Waals surface area contributed by atoms with Crippen LogP contribution in [0.3, 0.4) is 0 Å². The number of ketones is 1. The zero-order chi connectivity index (χ0) is 18.1. The number of pyridine rings is 1. The van der Waals surface area contributed by atoms with E-state index < -0.39 is 12.2 Å². The summed E-state index contributed by atoms with van der Waals surface area (Å²) in [6, 6.07) is 13.4. The molecular formula is C20H19N3O3. The van der Waals surface area contributed by atoms with E-state index in [2.05, 4.69) is 15.3 Å². The highest BCUT2D eigenvalue weighted by molar-refractivity contribution is 6.07. The molecule has 3 aromatic rings.